The van der Waals surface area contributed by atoms with Gasteiger partial charge in [0.1, 0.15) is 5.54 Å². The lowest BCUT2D eigenvalue weighted by atomic mass is 9.63. The van der Waals surface area contributed by atoms with Gasteiger partial charge in [-0.05, 0) is 50.5 Å². The second-order valence-corrected chi connectivity index (χ2v) is 7.87. The molecular weight excluding hydrogens is 344 g/mol. The maximum absolute atomic E-state index is 11.9. The van der Waals surface area contributed by atoms with Crippen LogP contribution in [0.1, 0.15) is 42.7 Å². The first-order valence-corrected chi connectivity index (χ1v) is 9.87. The second-order valence-electron chi connectivity index (χ2n) is 7.87. The number of hydrogen-bond donors (Lipinski definition) is 1. The summed E-state index contributed by atoms with van der Waals surface area (Å²) in [6.45, 7) is 6.38. The molecule has 0 amide bonds. The molecule has 2 aliphatic carbocycles. The predicted octanol–water partition coefficient (Wildman–Crippen LogP) is 5.13. The molecule has 2 atom stereocenters. The number of pyridine rings is 1. The fourth-order valence-electron chi connectivity index (χ4n) is 4.75. The number of aliphatic imine (C=N–C) groups is 1. The maximum atomic E-state index is 11.9. The predicted molar refractivity (Wildman–Crippen MR) is 117 cm³/mol. The van der Waals surface area contributed by atoms with Gasteiger partial charge < -0.3 is 4.98 Å². The zero-order valence-electron chi connectivity index (χ0n) is 16.7. The van der Waals surface area contributed by atoms with Crippen molar-refractivity contribution in [2.45, 2.75) is 39.2 Å². The highest BCUT2D eigenvalue weighted by Gasteiger charge is 2.46. The van der Waals surface area contributed by atoms with Crippen LogP contribution < -0.4 is 5.56 Å². The quantitative estimate of drug-likeness (QED) is 0.591. The maximum Gasteiger partial charge on any atom is 0.248 e. The summed E-state index contributed by atoms with van der Waals surface area (Å²) in [6, 6.07) is 12.0. The monoisotopic (exact) mass is 370 g/mol. The van der Waals surface area contributed by atoms with Crippen LogP contribution in [0.25, 0.3) is 6.08 Å². The third-order valence-electron chi connectivity index (χ3n) is 5.79. The summed E-state index contributed by atoms with van der Waals surface area (Å²) in [7, 11) is 0. The summed E-state index contributed by atoms with van der Waals surface area (Å²) in [5.41, 5.74) is 6.78. The first kappa shape index (κ1) is 18.4. The van der Waals surface area contributed by atoms with E-state index in [0.717, 1.165) is 24.1 Å². The van der Waals surface area contributed by atoms with Crippen LogP contribution in [0.5, 0.6) is 0 Å². The number of nitrogens with zero attached hydrogens (tertiary/aromatic N) is 1. The number of hydrogen-bond acceptors (Lipinski definition) is 2. The van der Waals surface area contributed by atoms with Crippen LogP contribution in [0.3, 0.4) is 0 Å². The minimum atomic E-state index is -0.424. The smallest absolute Gasteiger partial charge is 0.248 e. The lowest BCUT2D eigenvalue weighted by Gasteiger charge is -2.45. The molecule has 0 saturated heterocycles. The first-order valence-electron chi connectivity index (χ1n) is 9.87. The van der Waals surface area contributed by atoms with Gasteiger partial charge in [-0.1, -0.05) is 53.6 Å². The highest BCUT2D eigenvalue weighted by Crippen LogP contribution is 2.51. The molecule has 0 aliphatic heterocycles. The van der Waals surface area contributed by atoms with Crippen LogP contribution in [-0.4, -0.2) is 11.2 Å². The molecule has 28 heavy (non-hydrogen) atoms. The zero-order chi connectivity index (χ0) is 19.7. The molecule has 1 heterocycles. The lowest BCUT2D eigenvalue weighted by Crippen LogP contribution is -2.40. The lowest BCUT2D eigenvalue weighted by molar-refractivity contribution is 0.413. The third kappa shape index (κ3) is 3.22. The number of fused-ring (bicyclic) bond motifs is 4. The molecule has 3 nitrogen and oxygen atoms in total. The Bertz CT molecular complexity index is 1080. The highest BCUT2D eigenvalue weighted by molar-refractivity contribution is 5.79. The Labute approximate surface area is 166 Å². The largest absolute Gasteiger partial charge is 0.326 e. The van der Waals surface area contributed by atoms with E-state index in [9.17, 15) is 4.79 Å². The molecule has 142 valence electrons. The molecule has 0 spiro atoms. The van der Waals surface area contributed by atoms with Crippen LogP contribution in [0, 0.1) is 12.8 Å². The van der Waals surface area contributed by atoms with Gasteiger partial charge >= 0.3 is 0 Å². The summed E-state index contributed by atoms with van der Waals surface area (Å²) in [4.78, 5) is 20.1. The highest BCUT2D eigenvalue weighted by atomic mass is 16.1. The van der Waals surface area contributed by atoms with Crippen molar-refractivity contribution in [3.63, 3.8) is 0 Å². The minimum Gasteiger partial charge on any atom is -0.326 e. The molecule has 1 aromatic heterocycles. The van der Waals surface area contributed by atoms with E-state index in [-0.39, 0.29) is 5.56 Å². The Hall–Kier alpha value is -2.94. The van der Waals surface area contributed by atoms with Gasteiger partial charge in [-0.2, -0.15) is 0 Å². The van der Waals surface area contributed by atoms with E-state index in [1.165, 1.54) is 22.3 Å². The first-order chi connectivity index (χ1) is 13.5. The minimum absolute atomic E-state index is 0.0417. The number of nitrogens with one attached hydrogen (secondary N) is 1. The van der Waals surface area contributed by atoms with Crippen molar-refractivity contribution < 1.29 is 0 Å². The van der Waals surface area contributed by atoms with Crippen LogP contribution >= 0.6 is 0 Å². The number of aromatic amines is 1. The van der Waals surface area contributed by atoms with E-state index in [1.807, 2.05) is 18.4 Å². The average molecular weight is 370 g/mol. The van der Waals surface area contributed by atoms with Crippen LogP contribution in [0.4, 0.5) is 0 Å². The Morgan fingerprint density at radius 2 is 2.07 bits per heavy atom. The average Bonchev–Trinajstić information content (AvgIpc) is 2.64. The molecule has 0 unspecified atom stereocenters. The van der Waals surface area contributed by atoms with E-state index in [2.05, 4.69) is 68.2 Å². The molecule has 2 aromatic rings. The van der Waals surface area contributed by atoms with E-state index >= 15 is 0 Å². The van der Waals surface area contributed by atoms with Crippen LogP contribution in [-0.2, 0) is 12.0 Å². The van der Waals surface area contributed by atoms with Crippen LogP contribution in [0.2, 0.25) is 0 Å². The van der Waals surface area contributed by atoms with Crippen LogP contribution in [0.15, 0.2) is 75.6 Å². The van der Waals surface area contributed by atoms with Gasteiger partial charge in [-0.3, -0.25) is 9.79 Å². The van der Waals surface area contributed by atoms with Gasteiger partial charge in [0.2, 0.25) is 5.56 Å². The summed E-state index contributed by atoms with van der Waals surface area (Å²) in [6.07, 6.45) is 12.2. The van der Waals surface area contributed by atoms with Gasteiger partial charge in [0, 0.05) is 35.9 Å². The molecule has 4 rings (SSSR count). The third-order valence-corrected chi connectivity index (χ3v) is 5.79. The SMILES string of the molecule is C/C=C1\[C@H]2C=C(C)C[C@]1(N=C/C=C/c1cccc(C)c1)c1ccc(=O)[nH]c1C2. The van der Waals surface area contributed by atoms with Crippen molar-refractivity contribution in [3.05, 3.63) is 98.5 Å². The number of rotatable bonds is 3. The molecule has 2 bridgehead atoms. The number of aromatic nitrogens is 1. The Kier molecular flexibility index (Phi) is 4.76. The molecule has 0 fully saturated rings. The summed E-state index contributed by atoms with van der Waals surface area (Å²) in [5.74, 6) is 0.294. The van der Waals surface area contributed by atoms with E-state index in [4.69, 9.17) is 4.99 Å². The number of H-pyrrole nitrogens is 1. The van der Waals surface area contributed by atoms with E-state index in [1.54, 1.807) is 6.07 Å². The topological polar surface area (TPSA) is 45.2 Å². The van der Waals surface area contributed by atoms with Crippen molar-refractivity contribution in [2.24, 2.45) is 10.9 Å². The van der Waals surface area contributed by atoms with E-state index < -0.39 is 5.54 Å². The summed E-state index contributed by atoms with van der Waals surface area (Å²) < 4.78 is 0. The summed E-state index contributed by atoms with van der Waals surface area (Å²) in [5, 5.41) is 0. The molecule has 3 heteroatoms. The van der Waals surface area contributed by atoms with Gasteiger partial charge in [0.15, 0.2) is 0 Å². The normalized spacial score (nSPS) is 25.3. The van der Waals surface area contributed by atoms with Crippen molar-refractivity contribution >= 4 is 12.3 Å². The fraction of sp³-hybridized carbons (Fsp3) is 0.280. The van der Waals surface area contributed by atoms with Gasteiger partial charge in [-0.25, -0.2) is 0 Å². The number of benzene rings is 1. The molecule has 2 aliphatic rings. The Balaban J connectivity index is 1.77. The Morgan fingerprint density at radius 1 is 1.21 bits per heavy atom. The summed E-state index contributed by atoms with van der Waals surface area (Å²) >= 11 is 0. The van der Waals surface area contributed by atoms with E-state index in [0.29, 0.717) is 5.92 Å². The number of aryl methyl sites for hydroxylation is 1. The molecule has 1 aromatic carbocycles. The van der Waals surface area contributed by atoms with Crippen molar-refractivity contribution in [3.8, 4) is 0 Å². The van der Waals surface area contributed by atoms with Crippen molar-refractivity contribution in [1.82, 2.24) is 4.98 Å². The molecule has 0 radical (unpaired) electrons. The van der Waals surface area contributed by atoms with Crippen molar-refractivity contribution in [1.29, 1.82) is 0 Å². The zero-order valence-corrected chi connectivity index (χ0v) is 16.7. The van der Waals surface area contributed by atoms with Gasteiger partial charge in [0.25, 0.3) is 0 Å². The second kappa shape index (κ2) is 7.23. The van der Waals surface area contributed by atoms with Gasteiger partial charge in [0.05, 0.1) is 0 Å². The molecular formula is C25H26N2O. The number of allylic oxidation sites excluding steroid dienone is 3. The Morgan fingerprint density at radius 3 is 2.86 bits per heavy atom. The van der Waals surface area contributed by atoms with Crippen molar-refractivity contribution in [2.75, 3.05) is 0 Å². The standard InChI is InChI=1S/C25H26N2O/c1-4-21-20-14-18(3)16-25(21,22-10-11-24(28)27-23(22)15-20)26-12-6-9-19-8-5-7-17(2)13-19/h4-14,20H,15-16H2,1-3H3,(H,27,28)/b9-6+,21-4+,26-12?/t20-,25+/m0/s1. The molecule has 0 saturated carbocycles. The molecule has 1 N–H and O–H groups in total. The fourth-order valence-corrected chi connectivity index (χ4v) is 4.75. The van der Waals surface area contributed by atoms with Gasteiger partial charge in [-0.15, -0.1) is 0 Å².